The van der Waals surface area contributed by atoms with Crippen molar-refractivity contribution in [1.29, 1.82) is 5.41 Å². The standard InChI is InChI=1S/C9H11N3O/c10-9(11)12-8-2-1-6-4-13-5-7(6)3-8/h1-3H,4-5H2,(H4,10,11,12). The van der Waals surface area contributed by atoms with Crippen molar-refractivity contribution in [2.45, 2.75) is 13.2 Å². The summed E-state index contributed by atoms with van der Waals surface area (Å²) in [5.41, 5.74) is 8.44. The van der Waals surface area contributed by atoms with Gasteiger partial charge in [-0.15, -0.1) is 0 Å². The molecule has 0 fully saturated rings. The molecule has 1 heterocycles. The van der Waals surface area contributed by atoms with Gasteiger partial charge in [0.25, 0.3) is 0 Å². The second-order valence-corrected chi connectivity index (χ2v) is 3.01. The number of rotatable bonds is 1. The Bertz CT molecular complexity index is 349. The third-order valence-electron chi connectivity index (χ3n) is 2.00. The quantitative estimate of drug-likeness (QED) is 0.443. The van der Waals surface area contributed by atoms with E-state index in [0.717, 1.165) is 5.69 Å². The molecule has 1 aliphatic rings. The fourth-order valence-corrected chi connectivity index (χ4v) is 1.41. The Labute approximate surface area is 76.2 Å². The van der Waals surface area contributed by atoms with Crippen molar-refractivity contribution in [3.8, 4) is 0 Å². The van der Waals surface area contributed by atoms with E-state index in [9.17, 15) is 0 Å². The molecule has 0 aromatic heterocycles. The van der Waals surface area contributed by atoms with Crippen molar-refractivity contribution < 1.29 is 4.74 Å². The summed E-state index contributed by atoms with van der Waals surface area (Å²) in [7, 11) is 0. The number of hydrogen-bond acceptors (Lipinski definition) is 2. The third kappa shape index (κ3) is 1.62. The molecule has 68 valence electrons. The average Bonchev–Trinajstić information content (AvgIpc) is 2.49. The van der Waals surface area contributed by atoms with Gasteiger partial charge < -0.3 is 15.8 Å². The Balaban J connectivity index is 2.25. The first kappa shape index (κ1) is 8.07. The minimum Gasteiger partial charge on any atom is -0.372 e. The van der Waals surface area contributed by atoms with Crippen molar-refractivity contribution in [3.63, 3.8) is 0 Å². The molecule has 0 amide bonds. The first-order valence-electron chi connectivity index (χ1n) is 4.06. The number of ether oxygens (including phenoxy) is 1. The highest BCUT2D eigenvalue weighted by molar-refractivity contribution is 5.89. The molecular formula is C9H11N3O. The molecule has 1 aromatic carbocycles. The van der Waals surface area contributed by atoms with Crippen LogP contribution in [0.3, 0.4) is 0 Å². The van der Waals surface area contributed by atoms with Gasteiger partial charge >= 0.3 is 0 Å². The first-order chi connectivity index (χ1) is 6.25. The largest absolute Gasteiger partial charge is 0.372 e. The van der Waals surface area contributed by atoms with Crippen LogP contribution in [0.1, 0.15) is 11.1 Å². The minimum absolute atomic E-state index is 0.0427. The number of guanidine groups is 1. The Morgan fingerprint density at radius 3 is 2.92 bits per heavy atom. The van der Waals surface area contributed by atoms with Gasteiger partial charge in [0.1, 0.15) is 0 Å². The van der Waals surface area contributed by atoms with Crippen LogP contribution in [-0.2, 0) is 18.0 Å². The topological polar surface area (TPSA) is 71.1 Å². The molecule has 0 unspecified atom stereocenters. The lowest BCUT2D eigenvalue weighted by Crippen LogP contribution is -2.20. The number of hydrogen-bond donors (Lipinski definition) is 3. The number of benzene rings is 1. The number of anilines is 1. The van der Waals surface area contributed by atoms with E-state index in [-0.39, 0.29) is 5.96 Å². The Morgan fingerprint density at radius 1 is 1.38 bits per heavy atom. The molecule has 4 heteroatoms. The van der Waals surface area contributed by atoms with E-state index >= 15 is 0 Å². The van der Waals surface area contributed by atoms with E-state index in [1.54, 1.807) is 0 Å². The summed E-state index contributed by atoms with van der Waals surface area (Å²) in [5, 5.41) is 9.80. The van der Waals surface area contributed by atoms with Gasteiger partial charge in [0.2, 0.25) is 0 Å². The van der Waals surface area contributed by atoms with Gasteiger partial charge in [-0.1, -0.05) is 6.07 Å². The first-order valence-corrected chi connectivity index (χ1v) is 4.06. The molecular weight excluding hydrogens is 166 g/mol. The van der Waals surface area contributed by atoms with Gasteiger partial charge in [0, 0.05) is 5.69 Å². The Morgan fingerprint density at radius 2 is 2.15 bits per heavy atom. The second-order valence-electron chi connectivity index (χ2n) is 3.01. The molecule has 0 saturated carbocycles. The number of fused-ring (bicyclic) bond motifs is 1. The molecule has 0 atom stereocenters. The minimum atomic E-state index is -0.0427. The fourth-order valence-electron chi connectivity index (χ4n) is 1.41. The maximum atomic E-state index is 7.06. The lowest BCUT2D eigenvalue weighted by molar-refractivity contribution is 0.134. The molecule has 4 N–H and O–H groups in total. The maximum Gasteiger partial charge on any atom is 0.190 e. The zero-order chi connectivity index (χ0) is 9.26. The molecule has 0 radical (unpaired) electrons. The van der Waals surface area contributed by atoms with E-state index < -0.39 is 0 Å². The summed E-state index contributed by atoms with van der Waals surface area (Å²) in [6.45, 7) is 1.35. The van der Waals surface area contributed by atoms with Crippen LogP contribution in [0, 0.1) is 5.41 Å². The Kier molecular flexibility index (Phi) is 1.90. The van der Waals surface area contributed by atoms with Crippen LogP contribution in [0.15, 0.2) is 18.2 Å². The van der Waals surface area contributed by atoms with Crippen molar-refractivity contribution in [3.05, 3.63) is 29.3 Å². The second kappa shape index (κ2) is 3.06. The van der Waals surface area contributed by atoms with Crippen molar-refractivity contribution in [1.82, 2.24) is 0 Å². The van der Waals surface area contributed by atoms with E-state index in [4.69, 9.17) is 15.9 Å². The van der Waals surface area contributed by atoms with Crippen LogP contribution in [0.2, 0.25) is 0 Å². The highest BCUT2D eigenvalue weighted by Crippen LogP contribution is 2.22. The van der Waals surface area contributed by atoms with E-state index in [0.29, 0.717) is 13.2 Å². The predicted octanol–water partition coefficient (Wildman–Crippen LogP) is 1.02. The summed E-state index contributed by atoms with van der Waals surface area (Å²) >= 11 is 0. The molecule has 1 aliphatic heterocycles. The smallest absolute Gasteiger partial charge is 0.190 e. The zero-order valence-corrected chi connectivity index (χ0v) is 7.13. The number of nitrogens with one attached hydrogen (secondary N) is 2. The van der Waals surface area contributed by atoms with Crippen LogP contribution in [0.5, 0.6) is 0 Å². The molecule has 4 nitrogen and oxygen atoms in total. The van der Waals surface area contributed by atoms with Crippen LogP contribution in [0.25, 0.3) is 0 Å². The summed E-state index contributed by atoms with van der Waals surface area (Å²) in [4.78, 5) is 0. The van der Waals surface area contributed by atoms with Gasteiger partial charge in [-0.25, -0.2) is 0 Å². The van der Waals surface area contributed by atoms with E-state index in [2.05, 4.69) is 5.32 Å². The summed E-state index contributed by atoms with van der Waals surface area (Å²) < 4.78 is 5.26. The van der Waals surface area contributed by atoms with Crippen LogP contribution >= 0.6 is 0 Å². The van der Waals surface area contributed by atoms with Crippen molar-refractivity contribution in [2.75, 3.05) is 5.32 Å². The molecule has 13 heavy (non-hydrogen) atoms. The fraction of sp³-hybridized carbons (Fsp3) is 0.222. The predicted molar refractivity (Wildman–Crippen MR) is 50.5 cm³/mol. The van der Waals surface area contributed by atoms with Gasteiger partial charge in [-0.3, -0.25) is 5.41 Å². The summed E-state index contributed by atoms with van der Waals surface area (Å²) in [5.74, 6) is -0.0427. The summed E-state index contributed by atoms with van der Waals surface area (Å²) in [6, 6.07) is 5.85. The molecule has 1 aromatic rings. The van der Waals surface area contributed by atoms with Crippen molar-refractivity contribution >= 4 is 11.6 Å². The monoisotopic (exact) mass is 177 g/mol. The SMILES string of the molecule is N=C(N)Nc1ccc2c(c1)COC2. The van der Waals surface area contributed by atoms with Crippen LogP contribution in [0.4, 0.5) is 5.69 Å². The highest BCUT2D eigenvalue weighted by Gasteiger charge is 2.10. The van der Waals surface area contributed by atoms with Gasteiger partial charge in [0.15, 0.2) is 5.96 Å². The van der Waals surface area contributed by atoms with Gasteiger partial charge in [0.05, 0.1) is 13.2 Å². The van der Waals surface area contributed by atoms with Gasteiger partial charge in [-0.05, 0) is 23.3 Å². The van der Waals surface area contributed by atoms with Crippen LogP contribution in [-0.4, -0.2) is 5.96 Å². The highest BCUT2D eigenvalue weighted by atomic mass is 16.5. The molecule has 0 aliphatic carbocycles. The van der Waals surface area contributed by atoms with E-state index in [1.807, 2.05) is 18.2 Å². The van der Waals surface area contributed by atoms with Crippen molar-refractivity contribution in [2.24, 2.45) is 5.73 Å². The Hall–Kier alpha value is -1.55. The molecule has 2 rings (SSSR count). The normalized spacial score (nSPS) is 13.8. The van der Waals surface area contributed by atoms with E-state index in [1.165, 1.54) is 11.1 Å². The lowest BCUT2D eigenvalue weighted by Gasteiger charge is -2.04. The molecule has 0 spiro atoms. The molecule has 0 bridgehead atoms. The maximum absolute atomic E-state index is 7.06. The lowest BCUT2D eigenvalue weighted by atomic mass is 10.1. The van der Waals surface area contributed by atoms with Gasteiger partial charge in [-0.2, -0.15) is 0 Å². The zero-order valence-electron chi connectivity index (χ0n) is 7.13. The molecule has 0 saturated heterocycles. The number of nitrogens with two attached hydrogens (primary N) is 1. The third-order valence-corrected chi connectivity index (χ3v) is 2.00. The average molecular weight is 177 g/mol. The summed E-state index contributed by atoms with van der Waals surface area (Å²) in [6.07, 6.45) is 0. The van der Waals surface area contributed by atoms with Crippen LogP contribution < -0.4 is 11.1 Å².